The highest BCUT2D eigenvalue weighted by atomic mass is 16.4. The van der Waals surface area contributed by atoms with E-state index in [-0.39, 0.29) is 31.4 Å². The molecule has 0 aliphatic rings. The molecule has 7 heteroatoms. The number of carboxylic acids is 2. The predicted octanol–water partition coefficient (Wildman–Crippen LogP) is 0.759. The maximum Gasteiger partial charge on any atom is 0.326 e. The van der Waals surface area contributed by atoms with E-state index in [1.54, 1.807) is 18.2 Å². The van der Waals surface area contributed by atoms with Crippen molar-refractivity contribution in [2.45, 2.75) is 31.7 Å². The number of aryl methyl sites for hydroxylation is 1. The molecule has 0 saturated heterocycles. The molecule has 0 fully saturated rings. The second kappa shape index (κ2) is 7.88. The van der Waals surface area contributed by atoms with Crippen LogP contribution in [0.25, 0.3) is 0 Å². The van der Waals surface area contributed by atoms with Crippen molar-refractivity contribution < 1.29 is 29.7 Å². The minimum absolute atomic E-state index is 0.00836. The maximum absolute atomic E-state index is 11.7. The molecule has 21 heavy (non-hydrogen) atoms. The molecular weight excluding hydrogens is 278 g/mol. The van der Waals surface area contributed by atoms with E-state index in [1.807, 2.05) is 0 Å². The third-order valence-electron chi connectivity index (χ3n) is 2.89. The van der Waals surface area contributed by atoms with E-state index < -0.39 is 23.9 Å². The topological polar surface area (TPSA) is 124 Å². The molecule has 1 aromatic rings. The Hall–Kier alpha value is -2.57. The summed E-state index contributed by atoms with van der Waals surface area (Å²) in [4.78, 5) is 33.0. The monoisotopic (exact) mass is 295 g/mol. The lowest BCUT2D eigenvalue weighted by atomic mass is 10.1. The van der Waals surface area contributed by atoms with Gasteiger partial charge in [-0.2, -0.15) is 0 Å². The van der Waals surface area contributed by atoms with Crippen LogP contribution in [-0.4, -0.2) is 39.2 Å². The molecule has 0 aliphatic heterocycles. The largest absolute Gasteiger partial charge is 0.508 e. The first-order valence-electron chi connectivity index (χ1n) is 6.41. The lowest BCUT2D eigenvalue weighted by Crippen LogP contribution is -2.41. The lowest BCUT2D eigenvalue weighted by molar-refractivity contribution is -0.143. The van der Waals surface area contributed by atoms with Crippen LogP contribution in [0.1, 0.15) is 24.8 Å². The quantitative estimate of drug-likeness (QED) is 0.561. The van der Waals surface area contributed by atoms with E-state index in [9.17, 15) is 19.5 Å². The van der Waals surface area contributed by atoms with Crippen molar-refractivity contribution in [2.24, 2.45) is 0 Å². The first-order valence-corrected chi connectivity index (χ1v) is 6.41. The smallest absolute Gasteiger partial charge is 0.326 e. The molecule has 114 valence electrons. The van der Waals surface area contributed by atoms with Crippen LogP contribution in [0.3, 0.4) is 0 Å². The molecular formula is C14H17NO6. The minimum atomic E-state index is -1.27. The summed E-state index contributed by atoms with van der Waals surface area (Å²) in [6.07, 6.45) is -0.234. The molecule has 7 nitrogen and oxygen atoms in total. The van der Waals surface area contributed by atoms with Crippen molar-refractivity contribution in [2.75, 3.05) is 0 Å². The van der Waals surface area contributed by atoms with Crippen LogP contribution in [0.2, 0.25) is 0 Å². The zero-order chi connectivity index (χ0) is 15.8. The van der Waals surface area contributed by atoms with E-state index in [4.69, 9.17) is 10.2 Å². The number of nitrogens with one attached hydrogen (secondary N) is 1. The van der Waals surface area contributed by atoms with Gasteiger partial charge in [-0.25, -0.2) is 4.79 Å². The van der Waals surface area contributed by atoms with Gasteiger partial charge in [0, 0.05) is 12.8 Å². The fraction of sp³-hybridized carbons (Fsp3) is 0.357. The highest BCUT2D eigenvalue weighted by Gasteiger charge is 2.20. The van der Waals surface area contributed by atoms with Crippen molar-refractivity contribution in [3.63, 3.8) is 0 Å². The second-order valence-electron chi connectivity index (χ2n) is 4.52. The number of carboxylic acid groups (broad SMARTS) is 2. The summed E-state index contributed by atoms with van der Waals surface area (Å²) in [5.41, 5.74) is 0.588. The molecule has 0 saturated carbocycles. The van der Waals surface area contributed by atoms with Gasteiger partial charge in [-0.15, -0.1) is 0 Å². The molecule has 0 aliphatic carbocycles. The number of hydrogen-bond acceptors (Lipinski definition) is 4. The zero-order valence-electron chi connectivity index (χ0n) is 11.3. The van der Waals surface area contributed by atoms with Crippen molar-refractivity contribution in [1.29, 1.82) is 0 Å². The Kier molecular flexibility index (Phi) is 6.19. The molecule has 0 aromatic heterocycles. The average Bonchev–Trinajstić information content (AvgIpc) is 2.42. The van der Waals surface area contributed by atoms with E-state index in [1.165, 1.54) is 6.07 Å². The second-order valence-corrected chi connectivity index (χ2v) is 4.52. The molecule has 0 spiro atoms. The van der Waals surface area contributed by atoms with Crippen LogP contribution < -0.4 is 5.32 Å². The molecule has 0 unspecified atom stereocenters. The lowest BCUT2D eigenvalue weighted by Gasteiger charge is -2.13. The van der Waals surface area contributed by atoms with Gasteiger partial charge >= 0.3 is 11.9 Å². The Balaban J connectivity index is 2.49. The summed E-state index contributed by atoms with van der Waals surface area (Å²) in [5.74, 6) is -2.82. The number of hydrogen-bond donors (Lipinski definition) is 4. The normalized spacial score (nSPS) is 11.6. The number of phenols is 1. The van der Waals surface area contributed by atoms with Crippen LogP contribution in [0.15, 0.2) is 24.3 Å². The van der Waals surface area contributed by atoms with E-state index in [0.29, 0.717) is 5.56 Å². The van der Waals surface area contributed by atoms with E-state index >= 15 is 0 Å². The number of rotatable bonds is 8. The summed E-state index contributed by atoms with van der Waals surface area (Å²) in [6.45, 7) is 0. The van der Waals surface area contributed by atoms with Crippen molar-refractivity contribution >= 4 is 17.8 Å². The summed E-state index contributed by atoms with van der Waals surface area (Å²) >= 11 is 0. The van der Waals surface area contributed by atoms with Crippen molar-refractivity contribution in [3.05, 3.63) is 29.8 Å². The van der Waals surface area contributed by atoms with Gasteiger partial charge in [0.15, 0.2) is 0 Å². The van der Waals surface area contributed by atoms with Crippen LogP contribution in [-0.2, 0) is 20.8 Å². The SMILES string of the molecule is O=C(O)CC[C@H](NC(=O)CCc1ccccc1O)C(=O)O. The standard InChI is InChI=1S/C14H17NO6/c16-11-4-2-1-3-9(11)5-7-12(17)15-10(14(20)21)6-8-13(18)19/h1-4,10,16H,5-8H2,(H,15,17)(H,18,19)(H,20,21)/t10-/m0/s1. The van der Waals surface area contributed by atoms with Gasteiger partial charge in [0.1, 0.15) is 11.8 Å². The van der Waals surface area contributed by atoms with Gasteiger partial charge in [-0.1, -0.05) is 18.2 Å². The highest BCUT2D eigenvalue weighted by Crippen LogP contribution is 2.17. The minimum Gasteiger partial charge on any atom is -0.508 e. The molecule has 4 N–H and O–H groups in total. The molecule has 1 aromatic carbocycles. The summed E-state index contributed by atoms with van der Waals surface area (Å²) in [6, 6.07) is 5.32. The average molecular weight is 295 g/mol. The number of benzene rings is 1. The summed E-state index contributed by atoms with van der Waals surface area (Å²) in [5, 5.41) is 29.3. The number of para-hydroxylation sites is 1. The highest BCUT2D eigenvalue weighted by molar-refractivity contribution is 5.84. The van der Waals surface area contributed by atoms with Gasteiger partial charge in [0.05, 0.1) is 0 Å². The maximum atomic E-state index is 11.7. The Morgan fingerprint density at radius 3 is 2.33 bits per heavy atom. The molecule has 1 amide bonds. The molecule has 0 heterocycles. The van der Waals surface area contributed by atoms with Gasteiger partial charge in [0.25, 0.3) is 0 Å². The number of aromatic hydroxyl groups is 1. The first-order chi connectivity index (χ1) is 9.90. The number of phenolic OH excluding ortho intramolecular Hbond substituents is 1. The zero-order valence-corrected chi connectivity index (χ0v) is 11.3. The fourth-order valence-electron chi connectivity index (χ4n) is 1.76. The number of carbonyl (C=O) groups is 3. The number of amides is 1. The number of aliphatic carboxylic acids is 2. The Morgan fingerprint density at radius 1 is 1.10 bits per heavy atom. The van der Waals surface area contributed by atoms with Crippen LogP contribution in [0.4, 0.5) is 0 Å². The van der Waals surface area contributed by atoms with Gasteiger partial charge in [-0.05, 0) is 24.5 Å². The van der Waals surface area contributed by atoms with Crippen LogP contribution in [0, 0.1) is 0 Å². The third kappa shape index (κ3) is 5.94. The molecule has 0 bridgehead atoms. The van der Waals surface area contributed by atoms with Gasteiger partial charge < -0.3 is 20.6 Å². The molecule has 1 rings (SSSR count). The van der Waals surface area contributed by atoms with Crippen molar-refractivity contribution in [3.8, 4) is 5.75 Å². The first kappa shape index (κ1) is 16.5. The molecule has 0 radical (unpaired) electrons. The third-order valence-corrected chi connectivity index (χ3v) is 2.89. The Labute approximate surface area is 121 Å². The van der Waals surface area contributed by atoms with Crippen LogP contribution in [0.5, 0.6) is 5.75 Å². The molecule has 1 atom stereocenters. The van der Waals surface area contributed by atoms with Gasteiger partial charge in [-0.3, -0.25) is 9.59 Å². The Bertz CT molecular complexity index is 528. The van der Waals surface area contributed by atoms with Crippen LogP contribution >= 0.6 is 0 Å². The Morgan fingerprint density at radius 2 is 1.76 bits per heavy atom. The van der Waals surface area contributed by atoms with E-state index in [0.717, 1.165) is 0 Å². The van der Waals surface area contributed by atoms with Crippen molar-refractivity contribution in [1.82, 2.24) is 5.32 Å². The van der Waals surface area contributed by atoms with E-state index in [2.05, 4.69) is 5.32 Å². The predicted molar refractivity (Wildman–Crippen MR) is 72.9 cm³/mol. The van der Waals surface area contributed by atoms with Gasteiger partial charge in [0.2, 0.25) is 5.91 Å². The number of carbonyl (C=O) groups excluding carboxylic acids is 1. The summed E-state index contributed by atoms with van der Waals surface area (Å²) in [7, 11) is 0. The summed E-state index contributed by atoms with van der Waals surface area (Å²) < 4.78 is 0. The fourth-order valence-corrected chi connectivity index (χ4v) is 1.76.